The highest BCUT2D eigenvalue weighted by atomic mass is 79.9. The fraction of sp³-hybridized carbons (Fsp3) is 0.182. The third-order valence-corrected chi connectivity index (χ3v) is 3.04. The predicted molar refractivity (Wildman–Crippen MR) is 69.7 cm³/mol. The minimum Gasteiger partial charge on any atom is -0.364 e. The molecule has 0 saturated carbocycles. The van der Waals surface area contributed by atoms with Gasteiger partial charge >= 0.3 is 0 Å². The van der Waals surface area contributed by atoms with E-state index < -0.39 is 0 Å². The first-order valence-corrected chi connectivity index (χ1v) is 6.00. The molecule has 0 aliphatic heterocycles. The molecule has 16 heavy (non-hydrogen) atoms. The summed E-state index contributed by atoms with van der Waals surface area (Å²) in [4.78, 5) is 0. The molecule has 2 rings (SSSR count). The number of aromatic nitrogens is 2. The summed E-state index contributed by atoms with van der Waals surface area (Å²) in [5.41, 5.74) is 1.04. The zero-order chi connectivity index (χ0) is 11.5. The van der Waals surface area contributed by atoms with Crippen LogP contribution in [0, 0.1) is 0 Å². The number of anilines is 1. The van der Waals surface area contributed by atoms with Crippen LogP contribution < -0.4 is 5.32 Å². The summed E-state index contributed by atoms with van der Waals surface area (Å²) in [5, 5.41) is 8.20. The van der Waals surface area contributed by atoms with Gasteiger partial charge in [0.05, 0.1) is 0 Å². The Hall–Kier alpha value is -1.00. The van der Waals surface area contributed by atoms with Gasteiger partial charge in [-0.15, -0.1) is 0 Å². The summed E-state index contributed by atoms with van der Waals surface area (Å²) in [7, 11) is 1.89. The highest BCUT2D eigenvalue weighted by Crippen LogP contribution is 2.21. The van der Waals surface area contributed by atoms with E-state index in [-0.39, 0.29) is 0 Å². The third-order valence-electron chi connectivity index (χ3n) is 2.18. The monoisotopic (exact) mass is 299 g/mol. The Kier molecular flexibility index (Phi) is 3.51. The molecular formula is C11H11BrClN3. The Morgan fingerprint density at radius 2 is 2.25 bits per heavy atom. The Morgan fingerprint density at radius 3 is 2.94 bits per heavy atom. The molecule has 1 heterocycles. The molecule has 0 unspecified atom stereocenters. The molecule has 0 fully saturated rings. The summed E-state index contributed by atoms with van der Waals surface area (Å²) in [5.74, 6) is 0.846. The highest BCUT2D eigenvalue weighted by molar-refractivity contribution is 9.10. The average molecular weight is 301 g/mol. The van der Waals surface area contributed by atoms with Crippen LogP contribution in [-0.4, -0.2) is 9.78 Å². The van der Waals surface area contributed by atoms with E-state index in [2.05, 4.69) is 26.3 Å². The van der Waals surface area contributed by atoms with E-state index in [0.717, 1.165) is 20.9 Å². The van der Waals surface area contributed by atoms with Crippen LogP contribution in [0.4, 0.5) is 5.82 Å². The molecule has 0 saturated heterocycles. The summed E-state index contributed by atoms with van der Waals surface area (Å²) in [6.45, 7) is 0.662. The van der Waals surface area contributed by atoms with Crippen LogP contribution in [0.5, 0.6) is 0 Å². The van der Waals surface area contributed by atoms with Crippen molar-refractivity contribution in [1.29, 1.82) is 0 Å². The van der Waals surface area contributed by atoms with E-state index in [1.54, 1.807) is 4.68 Å². The zero-order valence-corrected chi connectivity index (χ0v) is 11.1. The fourth-order valence-electron chi connectivity index (χ4n) is 1.37. The van der Waals surface area contributed by atoms with Crippen molar-refractivity contribution in [2.75, 3.05) is 5.32 Å². The number of hydrogen-bond acceptors (Lipinski definition) is 2. The van der Waals surface area contributed by atoms with E-state index >= 15 is 0 Å². The van der Waals surface area contributed by atoms with Gasteiger partial charge < -0.3 is 5.32 Å². The van der Waals surface area contributed by atoms with Crippen molar-refractivity contribution in [3.8, 4) is 0 Å². The van der Waals surface area contributed by atoms with E-state index in [9.17, 15) is 0 Å². The van der Waals surface area contributed by atoms with Gasteiger partial charge in [0.25, 0.3) is 0 Å². The fourth-order valence-corrected chi connectivity index (χ4v) is 1.97. The lowest BCUT2D eigenvalue weighted by molar-refractivity contribution is 0.768. The van der Waals surface area contributed by atoms with Gasteiger partial charge in [0.1, 0.15) is 5.82 Å². The molecule has 1 aromatic heterocycles. The van der Waals surface area contributed by atoms with E-state index in [0.29, 0.717) is 6.54 Å². The van der Waals surface area contributed by atoms with Gasteiger partial charge in [-0.25, -0.2) is 0 Å². The van der Waals surface area contributed by atoms with Gasteiger partial charge in [-0.05, 0) is 23.8 Å². The number of halogens is 2. The molecule has 0 atom stereocenters. The lowest BCUT2D eigenvalue weighted by Gasteiger charge is -2.06. The number of nitrogens with one attached hydrogen (secondary N) is 1. The van der Waals surface area contributed by atoms with Crippen molar-refractivity contribution in [3.63, 3.8) is 0 Å². The molecule has 0 spiro atoms. The van der Waals surface area contributed by atoms with Gasteiger partial charge in [-0.1, -0.05) is 27.5 Å². The first kappa shape index (κ1) is 11.5. The van der Waals surface area contributed by atoms with Gasteiger partial charge in [0.15, 0.2) is 0 Å². The molecule has 0 aliphatic carbocycles. The Balaban J connectivity index is 2.07. The molecule has 2 aromatic rings. The number of rotatable bonds is 3. The molecule has 1 N–H and O–H groups in total. The van der Waals surface area contributed by atoms with Crippen molar-refractivity contribution in [2.24, 2.45) is 7.05 Å². The number of hydrogen-bond donors (Lipinski definition) is 1. The number of aryl methyl sites for hydroxylation is 1. The Morgan fingerprint density at radius 1 is 1.44 bits per heavy atom. The second kappa shape index (κ2) is 4.89. The first-order valence-electron chi connectivity index (χ1n) is 4.82. The zero-order valence-electron chi connectivity index (χ0n) is 8.74. The van der Waals surface area contributed by atoms with E-state index in [1.165, 1.54) is 0 Å². The normalized spacial score (nSPS) is 10.4. The van der Waals surface area contributed by atoms with Gasteiger partial charge in [-0.3, -0.25) is 4.68 Å². The van der Waals surface area contributed by atoms with E-state index in [1.807, 2.05) is 37.5 Å². The maximum absolute atomic E-state index is 6.08. The number of benzene rings is 1. The molecule has 84 valence electrons. The number of nitrogens with zero attached hydrogens (tertiary/aromatic N) is 2. The van der Waals surface area contributed by atoms with Gasteiger partial charge in [0, 0.05) is 35.4 Å². The molecule has 0 bridgehead atoms. The van der Waals surface area contributed by atoms with Crippen molar-refractivity contribution in [1.82, 2.24) is 9.78 Å². The van der Waals surface area contributed by atoms with Crippen molar-refractivity contribution < 1.29 is 0 Å². The molecule has 0 aliphatic rings. The largest absolute Gasteiger partial charge is 0.364 e. The minimum atomic E-state index is 0.662. The van der Waals surface area contributed by atoms with Crippen LogP contribution >= 0.6 is 27.5 Å². The molecule has 3 nitrogen and oxygen atoms in total. The predicted octanol–water partition coefficient (Wildman–Crippen LogP) is 3.45. The third kappa shape index (κ3) is 2.77. The van der Waals surface area contributed by atoms with Crippen LogP contribution in [0.15, 0.2) is 34.9 Å². The van der Waals surface area contributed by atoms with Crippen LogP contribution in [0.25, 0.3) is 0 Å². The Labute approximate surface area is 108 Å². The summed E-state index contributed by atoms with van der Waals surface area (Å²) in [6, 6.07) is 7.72. The maximum atomic E-state index is 6.08. The lowest BCUT2D eigenvalue weighted by atomic mass is 10.2. The standard InChI is InChI=1S/C11H11BrClN3/c1-16-5-4-11(15-16)14-7-8-6-9(12)2-3-10(8)13/h2-6H,7H2,1H3,(H,14,15). The molecule has 0 radical (unpaired) electrons. The summed E-state index contributed by atoms with van der Waals surface area (Å²) < 4.78 is 2.78. The second-order valence-corrected chi connectivity index (χ2v) is 4.79. The highest BCUT2D eigenvalue weighted by Gasteiger charge is 2.02. The quantitative estimate of drug-likeness (QED) is 0.941. The van der Waals surface area contributed by atoms with Gasteiger partial charge in [0.2, 0.25) is 0 Å². The second-order valence-electron chi connectivity index (χ2n) is 3.46. The van der Waals surface area contributed by atoms with Gasteiger partial charge in [-0.2, -0.15) is 5.10 Å². The SMILES string of the molecule is Cn1ccc(NCc2cc(Br)ccc2Cl)n1. The van der Waals surface area contributed by atoms with Crippen molar-refractivity contribution in [2.45, 2.75) is 6.54 Å². The Bertz CT molecular complexity index is 496. The van der Waals surface area contributed by atoms with Crippen molar-refractivity contribution >= 4 is 33.3 Å². The molecule has 0 amide bonds. The summed E-state index contributed by atoms with van der Waals surface area (Å²) >= 11 is 9.50. The van der Waals surface area contributed by atoms with E-state index in [4.69, 9.17) is 11.6 Å². The molecule has 5 heteroatoms. The smallest absolute Gasteiger partial charge is 0.148 e. The lowest BCUT2D eigenvalue weighted by Crippen LogP contribution is -2.01. The van der Waals surface area contributed by atoms with Crippen LogP contribution in [0.1, 0.15) is 5.56 Å². The van der Waals surface area contributed by atoms with Crippen molar-refractivity contribution in [3.05, 3.63) is 45.5 Å². The topological polar surface area (TPSA) is 29.9 Å². The maximum Gasteiger partial charge on any atom is 0.148 e. The molecule has 1 aromatic carbocycles. The minimum absolute atomic E-state index is 0.662. The molecular weight excluding hydrogens is 289 g/mol. The summed E-state index contributed by atoms with van der Waals surface area (Å²) in [6.07, 6.45) is 1.89. The van der Waals surface area contributed by atoms with Crippen LogP contribution in [-0.2, 0) is 13.6 Å². The van der Waals surface area contributed by atoms with Crippen LogP contribution in [0.3, 0.4) is 0 Å². The first-order chi connectivity index (χ1) is 7.65. The average Bonchev–Trinajstić information content (AvgIpc) is 2.66. The van der Waals surface area contributed by atoms with Crippen LogP contribution in [0.2, 0.25) is 5.02 Å².